The molecule has 0 aliphatic carbocycles. The Hall–Kier alpha value is -2.86. The Labute approximate surface area is 130 Å². The number of carboxylic acid groups (broad SMARTS) is 1. The quantitative estimate of drug-likeness (QED) is 0.709. The molecule has 1 amide bonds. The molecule has 3 rings (SSSR count). The molecule has 1 heterocycles. The number of rotatable bonds is 3. The van der Waals surface area contributed by atoms with Crippen LogP contribution in [0.2, 0.25) is 5.15 Å². The maximum Gasteiger partial charge on any atom is 0.409 e. The number of hydrogen-bond acceptors (Lipinski definition) is 4. The highest BCUT2D eigenvalue weighted by Gasteiger charge is 2.10. The molecule has 22 heavy (non-hydrogen) atoms. The van der Waals surface area contributed by atoms with E-state index in [4.69, 9.17) is 21.4 Å². The molecule has 3 aromatic rings. The normalized spacial score (nSPS) is 10.4. The van der Waals surface area contributed by atoms with Gasteiger partial charge in [-0.3, -0.25) is 5.32 Å². The highest BCUT2D eigenvalue weighted by molar-refractivity contribution is 6.29. The molecule has 2 aromatic carbocycles. The highest BCUT2D eigenvalue weighted by atomic mass is 35.5. The maximum absolute atomic E-state index is 10.9. The first kappa shape index (κ1) is 14.1. The van der Waals surface area contributed by atoms with Crippen molar-refractivity contribution in [3.05, 3.63) is 53.9 Å². The van der Waals surface area contributed by atoms with Crippen molar-refractivity contribution in [2.24, 2.45) is 0 Å². The summed E-state index contributed by atoms with van der Waals surface area (Å²) in [7, 11) is 0. The van der Waals surface area contributed by atoms with Crippen molar-refractivity contribution in [1.29, 1.82) is 0 Å². The van der Waals surface area contributed by atoms with Gasteiger partial charge in [-0.2, -0.15) is 0 Å². The van der Waals surface area contributed by atoms with Crippen LogP contribution in [0.15, 0.2) is 48.8 Å². The van der Waals surface area contributed by atoms with E-state index in [-0.39, 0.29) is 5.15 Å². The molecule has 1 aromatic heterocycles. The lowest BCUT2D eigenvalue weighted by molar-refractivity contribution is 0.210. The third-order valence-electron chi connectivity index (χ3n) is 2.95. The topological polar surface area (TPSA) is 84.3 Å². The second-order valence-electron chi connectivity index (χ2n) is 4.37. The number of aromatic nitrogens is 2. The number of nitrogens with one attached hydrogen (secondary N) is 1. The molecule has 0 fully saturated rings. The fraction of sp³-hybridized carbons (Fsp3) is 0. The van der Waals surface area contributed by atoms with Gasteiger partial charge in [0.2, 0.25) is 5.88 Å². The summed E-state index contributed by atoms with van der Waals surface area (Å²) in [5.74, 6) is 0.852. The van der Waals surface area contributed by atoms with Gasteiger partial charge in [-0.25, -0.2) is 14.8 Å². The van der Waals surface area contributed by atoms with Crippen LogP contribution in [0.5, 0.6) is 11.6 Å². The monoisotopic (exact) mass is 315 g/mol. The minimum atomic E-state index is -1.12. The second-order valence-corrected chi connectivity index (χ2v) is 4.76. The third kappa shape index (κ3) is 2.91. The number of carbonyl (C=O) groups is 1. The molecule has 110 valence electrons. The molecule has 2 N–H and O–H groups in total. The number of ether oxygens (including phenoxy) is 1. The Balaban J connectivity index is 2.06. The standard InChI is InChI=1S/C15H10ClN3O3/c16-13-7-14(18-8-17-13)22-12-6-5-11(19-15(20)21)9-3-1-2-4-10(9)12/h1-8,19H,(H,20,21). The van der Waals surface area contributed by atoms with Gasteiger partial charge in [-0.05, 0) is 12.1 Å². The Bertz CT molecular complexity index is 854. The summed E-state index contributed by atoms with van der Waals surface area (Å²) in [6.45, 7) is 0. The molecule has 6 nitrogen and oxygen atoms in total. The van der Waals surface area contributed by atoms with Gasteiger partial charge in [0.15, 0.2) is 0 Å². The Morgan fingerprint density at radius 1 is 1.14 bits per heavy atom. The van der Waals surface area contributed by atoms with Crippen LogP contribution in [0.1, 0.15) is 0 Å². The second kappa shape index (κ2) is 5.87. The summed E-state index contributed by atoms with van der Waals surface area (Å²) >= 11 is 5.81. The predicted octanol–water partition coefficient (Wildman–Crippen LogP) is 4.17. The molecule has 0 radical (unpaired) electrons. The summed E-state index contributed by atoms with van der Waals surface area (Å²) < 4.78 is 5.72. The SMILES string of the molecule is O=C(O)Nc1ccc(Oc2cc(Cl)ncn2)c2ccccc12. The average molecular weight is 316 g/mol. The third-order valence-corrected chi connectivity index (χ3v) is 3.16. The fourth-order valence-electron chi connectivity index (χ4n) is 2.07. The first-order valence-corrected chi connectivity index (χ1v) is 6.68. The van der Waals surface area contributed by atoms with Crippen LogP contribution in [0, 0.1) is 0 Å². The molecular formula is C15H10ClN3O3. The van der Waals surface area contributed by atoms with E-state index < -0.39 is 6.09 Å². The Kier molecular flexibility index (Phi) is 3.76. The summed E-state index contributed by atoms with van der Waals surface area (Å²) in [5.41, 5.74) is 0.483. The number of benzene rings is 2. The van der Waals surface area contributed by atoms with Gasteiger partial charge in [0.1, 0.15) is 17.2 Å². The zero-order chi connectivity index (χ0) is 15.5. The number of halogens is 1. The molecule has 0 aliphatic heterocycles. The number of amides is 1. The van der Waals surface area contributed by atoms with Gasteiger partial charge in [-0.1, -0.05) is 35.9 Å². The van der Waals surface area contributed by atoms with Crippen LogP contribution < -0.4 is 10.1 Å². The van der Waals surface area contributed by atoms with Crippen LogP contribution in [-0.4, -0.2) is 21.2 Å². The van der Waals surface area contributed by atoms with E-state index in [0.717, 1.165) is 10.8 Å². The lowest BCUT2D eigenvalue weighted by Crippen LogP contribution is -2.07. The van der Waals surface area contributed by atoms with Crippen LogP contribution in [-0.2, 0) is 0 Å². The lowest BCUT2D eigenvalue weighted by Gasteiger charge is -2.11. The number of hydrogen-bond donors (Lipinski definition) is 2. The van der Waals surface area contributed by atoms with Gasteiger partial charge < -0.3 is 9.84 Å². The van der Waals surface area contributed by atoms with Crippen molar-refractivity contribution in [2.75, 3.05) is 5.32 Å². The maximum atomic E-state index is 10.9. The zero-order valence-corrected chi connectivity index (χ0v) is 11.9. The Morgan fingerprint density at radius 3 is 2.64 bits per heavy atom. The molecule has 0 spiro atoms. The van der Waals surface area contributed by atoms with Gasteiger partial charge >= 0.3 is 6.09 Å². The van der Waals surface area contributed by atoms with Crippen LogP contribution in [0.25, 0.3) is 10.8 Å². The van der Waals surface area contributed by atoms with Crippen molar-refractivity contribution < 1.29 is 14.6 Å². The van der Waals surface area contributed by atoms with Gasteiger partial charge in [0, 0.05) is 16.8 Å². The number of anilines is 1. The summed E-state index contributed by atoms with van der Waals surface area (Å²) in [4.78, 5) is 18.6. The van der Waals surface area contributed by atoms with E-state index in [2.05, 4.69) is 15.3 Å². The lowest BCUT2D eigenvalue weighted by atomic mass is 10.1. The first-order chi connectivity index (χ1) is 10.6. The van der Waals surface area contributed by atoms with Crippen LogP contribution >= 0.6 is 11.6 Å². The minimum absolute atomic E-state index is 0.276. The average Bonchev–Trinajstić information content (AvgIpc) is 2.49. The molecule has 0 aliphatic rings. The molecule has 0 bridgehead atoms. The molecular weight excluding hydrogens is 306 g/mol. The summed E-state index contributed by atoms with van der Waals surface area (Å²) in [6.07, 6.45) is 0.182. The smallest absolute Gasteiger partial charge is 0.409 e. The van der Waals surface area contributed by atoms with E-state index in [1.807, 2.05) is 18.2 Å². The van der Waals surface area contributed by atoms with Crippen LogP contribution in [0.3, 0.4) is 0 Å². The van der Waals surface area contributed by atoms with E-state index in [9.17, 15) is 4.79 Å². The summed E-state index contributed by atoms with van der Waals surface area (Å²) in [6, 6.07) is 12.1. The molecule has 0 atom stereocenters. The van der Waals surface area contributed by atoms with Crippen molar-refractivity contribution >= 4 is 34.2 Å². The zero-order valence-electron chi connectivity index (χ0n) is 11.2. The number of nitrogens with zero attached hydrogens (tertiary/aromatic N) is 2. The van der Waals surface area contributed by atoms with Gasteiger partial charge in [0.05, 0.1) is 5.69 Å². The van der Waals surface area contributed by atoms with Crippen molar-refractivity contribution in [1.82, 2.24) is 9.97 Å². The van der Waals surface area contributed by atoms with E-state index in [0.29, 0.717) is 17.3 Å². The largest absolute Gasteiger partial charge is 0.465 e. The van der Waals surface area contributed by atoms with Crippen molar-refractivity contribution in [3.63, 3.8) is 0 Å². The molecule has 0 unspecified atom stereocenters. The van der Waals surface area contributed by atoms with Crippen LogP contribution in [0.4, 0.5) is 10.5 Å². The Morgan fingerprint density at radius 2 is 1.91 bits per heavy atom. The van der Waals surface area contributed by atoms with E-state index in [1.165, 1.54) is 12.4 Å². The fourth-order valence-corrected chi connectivity index (χ4v) is 2.21. The first-order valence-electron chi connectivity index (χ1n) is 6.30. The predicted molar refractivity (Wildman–Crippen MR) is 82.7 cm³/mol. The summed E-state index contributed by atoms with van der Waals surface area (Å²) in [5, 5.41) is 13.0. The molecule has 0 saturated carbocycles. The highest BCUT2D eigenvalue weighted by Crippen LogP contribution is 2.34. The number of fused-ring (bicyclic) bond motifs is 1. The van der Waals surface area contributed by atoms with E-state index in [1.54, 1.807) is 18.2 Å². The molecule has 7 heteroatoms. The van der Waals surface area contributed by atoms with Crippen molar-refractivity contribution in [3.8, 4) is 11.6 Å². The van der Waals surface area contributed by atoms with Gasteiger partial charge in [-0.15, -0.1) is 0 Å². The minimum Gasteiger partial charge on any atom is -0.465 e. The van der Waals surface area contributed by atoms with E-state index >= 15 is 0 Å². The van der Waals surface area contributed by atoms with Crippen molar-refractivity contribution in [2.45, 2.75) is 0 Å². The molecule has 0 saturated heterocycles. The van der Waals surface area contributed by atoms with Gasteiger partial charge in [0.25, 0.3) is 0 Å².